The molecular weight excluding hydrogens is 579 g/mol. The summed E-state index contributed by atoms with van der Waals surface area (Å²) in [5.41, 5.74) is 0.0710. The Morgan fingerprint density at radius 1 is 0.697 bits per heavy atom. The summed E-state index contributed by atoms with van der Waals surface area (Å²) in [5, 5.41) is -6.73. The van der Waals surface area contributed by atoms with Crippen LogP contribution in [0.3, 0.4) is 0 Å². The van der Waals surface area contributed by atoms with E-state index < -0.39 is 26.9 Å². The maximum Gasteiger partial charge on any atom is 0.401 e. The van der Waals surface area contributed by atoms with Crippen molar-refractivity contribution in [2.45, 2.75) is 62.5 Å². The Labute approximate surface area is 223 Å². The summed E-state index contributed by atoms with van der Waals surface area (Å²) in [4.78, 5) is -3.56. The number of hydrogen-bond acceptors (Lipinski definition) is 0. The number of halogens is 12. The van der Waals surface area contributed by atoms with Gasteiger partial charge in [0.05, 0.1) is 5.92 Å². The molecule has 8 atom stereocenters. The first-order valence-electron chi connectivity index (χ1n) is 10.0. The van der Waals surface area contributed by atoms with Crippen LogP contribution in [0.1, 0.15) is 41.5 Å². The summed E-state index contributed by atoms with van der Waals surface area (Å²) in [6.45, 7) is 11.8. The molecule has 0 N–H and O–H groups in total. The molecule has 0 spiro atoms. The lowest BCUT2D eigenvalue weighted by Crippen LogP contribution is -2.52. The molecular formula is C21H30Cl6F6. The molecule has 0 radical (unpaired) electrons. The van der Waals surface area contributed by atoms with E-state index >= 15 is 0 Å². The number of hydrogen-bond donors (Lipinski definition) is 0. The van der Waals surface area contributed by atoms with E-state index in [1.807, 2.05) is 13.8 Å². The number of rotatable bonds is 2. The average Bonchev–Trinajstić information content (AvgIpc) is 2.61. The summed E-state index contributed by atoms with van der Waals surface area (Å²) < 4.78 is 70.7. The van der Waals surface area contributed by atoms with Gasteiger partial charge in [-0.25, -0.2) is 0 Å². The molecule has 0 aliphatic heterocycles. The fourth-order valence-electron chi connectivity index (χ4n) is 3.22. The fourth-order valence-corrected chi connectivity index (χ4v) is 4.47. The summed E-state index contributed by atoms with van der Waals surface area (Å²) in [5.74, 6) is 1.10. The molecule has 33 heavy (non-hydrogen) atoms. The van der Waals surface area contributed by atoms with Crippen molar-refractivity contribution in [3.63, 3.8) is 0 Å². The van der Waals surface area contributed by atoms with Crippen LogP contribution in [0.4, 0.5) is 26.3 Å². The third-order valence-electron chi connectivity index (χ3n) is 6.22. The molecule has 0 heterocycles. The highest BCUT2D eigenvalue weighted by atomic mass is 35.5. The van der Waals surface area contributed by atoms with Gasteiger partial charge in [0, 0.05) is 11.0 Å². The molecule has 3 unspecified atom stereocenters. The van der Waals surface area contributed by atoms with Crippen molar-refractivity contribution in [2.24, 2.45) is 41.4 Å². The molecule has 1 saturated carbocycles. The Morgan fingerprint density at radius 3 is 1.15 bits per heavy atom. The molecule has 0 amide bonds. The van der Waals surface area contributed by atoms with Crippen molar-refractivity contribution in [3.05, 3.63) is 23.8 Å². The molecule has 0 aromatic carbocycles. The molecule has 0 aromatic heterocycles. The number of allylic oxidation sites excluding steroid dienone is 4. The summed E-state index contributed by atoms with van der Waals surface area (Å²) >= 11 is 23.3. The van der Waals surface area contributed by atoms with Gasteiger partial charge in [0.25, 0.3) is 0 Å². The minimum Gasteiger partial charge on any atom is -0.188 e. The van der Waals surface area contributed by atoms with Crippen LogP contribution < -0.4 is 0 Å². The Kier molecular flexibility index (Phi) is 15.2. The van der Waals surface area contributed by atoms with E-state index in [4.69, 9.17) is 34.8 Å². The monoisotopic (exact) mass is 606 g/mol. The molecule has 1 fully saturated rings. The first-order valence-corrected chi connectivity index (χ1v) is 12.0. The maximum absolute atomic E-state index is 12.5. The highest BCUT2D eigenvalue weighted by molar-refractivity contribution is 6.45. The van der Waals surface area contributed by atoms with E-state index in [-0.39, 0.29) is 41.7 Å². The topological polar surface area (TPSA) is 0 Å². The van der Waals surface area contributed by atoms with E-state index in [0.29, 0.717) is 0 Å². The minimum absolute atomic E-state index is 0. The second kappa shape index (κ2) is 13.9. The van der Waals surface area contributed by atoms with Gasteiger partial charge in [-0.1, -0.05) is 59.8 Å². The normalized spacial score (nSPS) is 34.6. The molecule has 0 saturated heterocycles. The average molecular weight is 609 g/mol. The first kappa shape index (κ1) is 36.0. The van der Waals surface area contributed by atoms with Gasteiger partial charge in [-0.2, -0.15) is 26.3 Å². The molecule has 3 rings (SSSR count). The Balaban J connectivity index is 0. The lowest BCUT2D eigenvalue weighted by atomic mass is 9.66. The molecule has 0 aromatic rings. The van der Waals surface area contributed by atoms with Gasteiger partial charge in [0.2, 0.25) is 0 Å². The van der Waals surface area contributed by atoms with E-state index in [9.17, 15) is 26.3 Å². The number of alkyl halides is 11. The van der Waals surface area contributed by atoms with Crippen molar-refractivity contribution >= 4 is 70.4 Å². The van der Waals surface area contributed by atoms with Gasteiger partial charge in [0.1, 0.15) is 0 Å². The highest BCUT2D eigenvalue weighted by Gasteiger charge is 2.56. The summed E-state index contributed by atoms with van der Waals surface area (Å²) in [7, 11) is 0. The van der Waals surface area contributed by atoms with Gasteiger partial charge in [-0.3, -0.25) is 0 Å². The van der Waals surface area contributed by atoms with Crippen LogP contribution in [-0.4, -0.2) is 21.0 Å². The van der Waals surface area contributed by atoms with Crippen LogP contribution in [0.25, 0.3) is 0 Å². The van der Waals surface area contributed by atoms with Crippen LogP contribution in [0.15, 0.2) is 23.8 Å². The van der Waals surface area contributed by atoms with Crippen molar-refractivity contribution < 1.29 is 26.3 Å². The summed E-state index contributed by atoms with van der Waals surface area (Å²) in [6.07, 6.45) is 6.01. The van der Waals surface area contributed by atoms with Gasteiger partial charge >= 0.3 is 15.6 Å². The molecule has 12 heteroatoms. The van der Waals surface area contributed by atoms with Crippen LogP contribution in [-0.2, 0) is 0 Å². The summed E-state index contributed by atoms with van der Waals surface area (Å²) in [6, 6.07) is 0. The quantitative estimate of drug-likeness (QED) is 0.166. The highest BCUT2D eigenvalue weighted by Crippen LogP contribution is 2.52. The molecule has 3 aliphatic rings. The first-order chi connectivity index (χ1) is 14.1. The zero-order valence-corrected chi connectivity index (χ0v) is 23.5. The Hall–Kier alpha value is 0.800. The van der Waals surface area contributed by atoms with Gasteiger partial charge < -0.3 is 0 Å². The van der Waals surface area contributed by atoms with Crippen molar-refractivity contribution in [1.29, 1.82) is 0 Å². The zero-order chi connectivity index (χ0) is 25.8. The maximum atomic E-state index is 12.5. The third kappa shape index (κ3) is 12.5. The Morgan fingerprint density at radius 2 is 1.06 bits per heavy atom. The van der Waals surface area contributed by atoms with Crippen LogP contribution in [0.2, 0.25) is 0 Å². The predicted molar refractivity (Wildman–Crippen MR) is 131 cm³/mol. The predicted octanol–water partition coefficient (Wildman–Crippen LogP) is 10.6. The van der Waals surface area contributed by atoms with Crippen LogP contribution in [0, 0.1) is 41.4 Å². The molecule has 0 bridgehead atoms. The van der Waals surface area contributed by atoms with E-state index in [1.165, 1.54) is 6.08 Å². The largest absolute Gasteiger partial charge is 0.401 e. The lowest BCUT2D eigenvalue weighted by molar-refractivity contribution is -0.0679. The van der Waals surface area contributed by atoms with E-state index in [2.05, 4.69) is 49.2 Å². The SMILES string of the molecule is CC1C(Cl)C(C(F)(F)Cl)[C@@H]1C.C[C@@H]1C=C(C(F)(F)Cl)[C@@H]1C.C[C@@H]1C=C[C@@H]1C.Cl.FC(F)(Cl)Cl. The molecule has 198 valence electrons. The fraction of sp³-hybridized carbons (Fsp3) is 0.810. The zero-order valence-electron chi connectivity index (χ0n) is 18.9. The van der Waals surface area contributed by atoms with E-state index in [0.717, 1.165) is 11.8 Å². The van der Waals surface area contributed by atoms with Crippen molar-refractivity contribution in [1.82, 2.24) is 0 Å². The second-order valence-corrected chi connectivity index (χ2v) is 11.2. The van der Waals surface area contributed by atoms with Gasteiger partial charge in [-0.15, -0.1) is 24.0 Å². The standard InChI is InChI=1S/C7H10Cl2F2.C7H9ClF2.C6H10.CCl2F2.ClH/c1-3-4(2)6(8)5(3)7(9,10)11;1-4-3-6(5(4)2)7(8,9)10;1-5-3-4-6(5)2;2-1(3,4)5;/h3-6H,1-2H3;3-5H,1-2H3;3-6H,1-2H3;;1H/t3-,4?,5?,6?;4-,5-;5-,6+;;/m11.../s1. The smallest absolute Gasteiger partial charge is 0.188 e. The van der Waals surface area contributed by atoms with Crippen LogP contribution in [0.5, 0.6) is 0 Å². The molecule has 0 nitrogen and oxygen atoms in total. The van der Waals surface area contributed by atoms with Crippen LogP contribution >= 0.6 is 70.4 Å². The van der Waals surface area contributed by atoms with Gasteiger partial charge in [0.15, 0.2) is 0 Å². The lowest BCUT2D eigenvalue weighted by Gasteiger charge is -2.47. The second-order valence-electron chi connectivity index (χ2n) is 8.53. The van der Waals surface area contributed by atoms with E-state index in [1.54, 1.807) is 13.8 Å². The minimum atomic E-state index is -3.56. The Bertz CT molecular complexity index is 615. The third-order valence-corrected chi connectivity index (χ3v) is 7.35. The van der Waals surface area contributed by atoms with Crippen molar-refractivity contribution in [2.75, 3.05) is 0 Å². The van der Waals surface area contributed by atoms with Crippen molar-refractivity contribution in [3.8, 4) is 0 Å². The van der Waals surface area contributed by atoms with Gasteiger partial charge in [-0.05, 0) is 81.9 Å². The molecule has 3 aliphatic carbocycles.